The van der Waals surface area contributed by atoms with E-state index >= 15 is 0 Å². The summed E-state index contributed by atoms with van der Waals surface area (Å²) in [6.45, 7) is 9.33. The van der Waals surface area contributed by atoms with Crippen LogP contribution in [0.25, 0.3) is 22.3 Å². The molecule has 3 aromatic rings. The van der Waals surface area contributed by atoms with Gasteiger partial charge < -0.3 is 19.6 Å². The Morgan fingerprint density at radius 3 is 2.20 bits per heavy atom. The van der Waals surface area contributed by atoms with Crippen LogP contribution in [-0.4, -0.2) is 61.8 Å². The SMILES string of the molecule is C#C.CC.CCN(CC(C)OC)c1cc(-c2cc(F)cc(-c3ccc(N(C=O)/C=C\N(C)C)c(Cl)c3)c2O)ccn1. The third-order valence-electron chi connectivity index (χ3n) is 5.89. The maximum absolute atomic E-state index is 14.8. The fourth-order valence-electron chi connectivity index (χ4n) is 3.83. The number of ether oxygens (including phenoxy) is 1. The summed E-state index contributed by atoms with van der Waals surface area (Å²) in [5, 5.41) is 11.5. The zero-order valence-corrected chi connectivity index (χ0v) is 25.6. The van der Waals surface area contributed by atoms with E-state index in [-0.39, 0.29) is 22.4 Å². The molecule has 2 aromatic carbocycles. The molecule has 1 unspecified atom stereocenters. The first-order valence-corrected chi connectivity index (χ1v) is 13.5. The van der Waals surface area contributed by atoms with Gasteiger partial charge in [0.1, 0.15) is 17.4 Å². The number of halogens is 2. The van der Waals surface area contributed by atoms with Crippen LogP contribution in [0.1, 0.15) is 27.7 Å². The van der Waals surface area contributed by atoms with Crippen molar-refractivity contribution >= 4 is 29.5 Å². The molecule has 1 aromatic heterocycles. The average Bonchev–Trinajstić information content (AvgIpc) is 2.99. The van der Waals surface area contributed by atoms with Gasteiger partial charge in [-0.05, 0) is 61.4 Å². The molecule has 1 heterocycles. The summed E-state index contributed by atoms with van der Waals surface area (Å²) in [7, 11) is 5.32. The minimum Gasteiger partial charge on any atom is -0.507 e. The number of amides is 1. The van der Waals surface area contributed by atoms with Crippen molar-refractivity contribution in [3.8, 4) is 40.9 Å². The van der Waals surface area contributed by atoms with E-state index in [0.29, 0.717) is 47.7 Å². The Balaban J connectivity index is 0.00000201. The zero-order chi connectivity index (χ0) is 31.1. The van der Waals surface area contributed by atoms with Crippen molar-refractivity contribution in [1.82, 2.24) is 9.88 Å². The van der Waals surface area contributed by atoms with E-state index in [1.165, 1.54) is 17.0 Å². The van der Waals surface area contributed by atoms with Crippen LogP contribution in [0.15, 0.2) is 61.1 Å². The second-order valence-electron chi connectivity index (χ2n) is 8.78. The lowest BCUT2D eigenvalue weighted by molar-refractivity contribution is -0.106. The van der Waals surface area contributed by atoms with Crippen LogP contribution in [0.4, 0.5) is 15.9 Å². The molecule has 220 valence electrons. The van der Waals surface area contributed by atoms with Gasteiger partial charge in [-0.2, -0.15) is 0 Å². The Morgan fingerprint density at radius 1 is 1.07 bits per heavy atom. The molecule has 0 saturated heterocycles. The molecule has 3 rings (SSSR count). The molecule has 0 aliphatic rings. The monoisotopic (exact) mass is 582 g/mol. The van der Waals surface area contributed by atoms with Crippen LogP contribution in [0.3, 0.4) is 0 Å². The standard InChI is InChI=1S/C28H32ClFN4O3.C2H6.C2H2/c1-6-33(17-19(2)37-5)27-14-21(9-10-31-27)24-16-22(30)15-23(28(24)36)20-7-8-26(25(29)13-20)34(18-35)12-11-32(3)4;2*1-2/h7-16,18-19,36H,6,17H2,1-5H3;1-2H3;1-2H/b12-11-;;. The number of aromatic nitrogens is 1. The van der Waals surface area contributed by atoms with Gasteiger partial charge in [0.25, 0.3) is 0 Å². The molecular weight excluding hydrogens is 543 g/mol. The second-order valence-corrected chi connectivity index (χ2v) is 9.19. The summed E-state index contributed by atoms with van der Waals surface area (Å²) >= 11 is 6.49. The molecule has 41 heavy (non-hydrogen) atoms. The fourth-order valence-corrected chi connectivity index (χ4v) is 4.11. The lowest BCUT2D eigenvalue weighted by Gasteiger charge is -2.25. The highest BCUT2D eigenvalue weighted by Gasteiger charge is 2.18. The number of hydrogen-bond donors (Lipinski definition) is 1. The third-order valence-corrected chi connectivity index (χ3v) is 6.20. The molecule has 1 atom stereocenters. The van der Waals surface area contributed by atoms with Crippen LogP contribution in [0, 0.1) is 18.7 Å². The van der Waals surface area contributed by atoms with E-state index in [2.05, 4.69) is 22.7 Å². The van der Waals surface area contributed by atoms with Crippen LogP contribution >= 0.6 is 11.6 Å². The molecule has 0 radical (unpaired) electrons. The number of methoxy groups -OCH3 is 1. The Hall–Kier alpha value is -4.06. The number of anilines is 2. The number of carbonyl (C=O) groups is 1. The van der Waals surface area contributed by atoms with Crippen molar-refractivity contribution in [3.63, 3.8) is 0 Å². The summed E-state index contributed by atoms with van der Waals surface area (Å²) in [6, 6.07) is 11.0. The largest absolute Gasteiger partial charge is 0.507 e. The van der Waals surface area contributed by atoms with E-state index in [1.807, 2.05) is 47.9 Å². The van der Waals surface area contributed by atoms with E-state index in [4.69, 9.17) is 16.3 Å². The van der Waals surface area contributed by atoms with Crippen molar-refractivity contribution in [2.24, 2.45) is 0 Å². The van der Waals surface area contributed by atoms with E-state index in [0.717, 1.165) is 0 Å². The van der Waals surface area contributed by atoms with Crippen LogP contribution < -0.4 is 9.80 Å². The lowest BCUT2D eigenvalue weighted by atomic mass is 9.97. The third kappa shape index (κ3) is 9.52. The molecule has 1 amide bonds. The topological polar surface area (TPSA) is 69.1 Å². The average molecular weight is 583 g/mol. The first kappa shape index (κ1) is 35.0. The fraction of sp³-hybridized carbons (Fsp3) is 0.312. The minimum atomic E-state index is -0.509. The van der Waals surface area contributed by atoms with Gasteiger partial charge in [-0.25, -0.2) is 9.37 Å². The van der Waals surface area contributed by atoms with Gasteiger partial charge in [0, 0.05) is 64.0 Å². The molecular formula is C32H40ClFN4O3. The van der Waals surface area contributed by atoms with Gasteiger partial charge in [0.15, 0.2) is 0 Å². The highest BCUT2D eigenvalue weighted by atomic mass is 35.5. The van der Waals surface area contributed by atoms with Gasteiger partial charge in [-0.1, -0.05) is 31.5 Å². The summed E-state index contributed by atoms with van der Waals surface area (Å²) in [5.74, 6) is 0.0989. The Labute approximate surface area is 248 Å². The van der Waals surface area contributed by atoms with Crippen molar-refractivity contribution in [2.75, 3.05) is 44.1 Å². The number of rotatable bonds is 11. The number of benzene rings is 2. The quantitative estimate of drug-likeness (QED) is 0.193. The van der Waals surface area contributed by atoms with Gasteiger partial charge in [-0.3, -0.25) is 9.69 Å². The number of nitrogens with zero attached hydrogens (tertiary/aromatic N) is 4. The molecule has 9 heteroatoms. The Kier molecular flexibility index (Phi) is 15.0. The van der Waals surface area contributed by atoms with Crippen LogP contribution in [0.5, 0.6) is 5.75 Å². The second kappa shape index (κ2) is 17.6. The normalized spacial score (nSPS) is 11.0. The number of pyridine rings is 1. The first-order chi connectivity index (χ1) is 19.7. The van der Waals surface area contributed by atoms with Crippen molar-refractivity contribution in [1.29, 1.82) is 0 Å². The van der Waals surface area contributed by atoms with Gasteiger partial charge in [-0.15, -0.1) is 12.8 Å². The molecule has 0 aliphatic heterocycles. The zero-order valence-electron chi connectivity index (χ0n) is 24.8. The molecule has 0 spiro atoms. The molecule has 0 bridgehead atoms. The highest BCUT2D eigenvalue weighted by Crippen LogP contribution is 2.41. The number of carbonyl (C=O) groups excluding carboxylic acids is 1. The minimum absolute atomic E-state index is 0.000752. The maximum atomic E-state index is 14.8. The predicted octanol–water partition coefficient (Wildman–Crippen LogP) is 7.05. The van der Waals surface area contributed by atoms with Crippen molar-refractivity contribution in [3.05, 3.63) is 71.9 Å². The van der Waals surface area contributed by atoms with Gasteiger partial charge in [0.05, 0.1) is 16.8 Å². The number of phenols is 1. The molecule has 1 N–H and O–H groups in total. The number of terminal acetylenes is 1. The number of phenolic OH excluding ortho intramolecular Hbond substituents is 1. The van der Waals surface area contributed by atoms with E-state index in [9.17, 15) is 14.3 Å². The number of aromatic hydroxyl groups is 1. The maximum Gasteiger partial charge on any atom is 0.218 e. The summed E-state index contributed by atoms with van der Waals surface area (Å²) in [5.41, 5.74) is 2.20. The van der Waals surface area contributed by atoms with Crippen molar-refractivity contribution in [2.45, 2.75) is 33.8 Å². The molecule has 0 aliphatic carbocycles. The van der Waals surface area contributed by atoms with E-state index in [1.54, 1.807) is 54.9 Å². The first-order valence-electron chi connectivity index (χ1n) is 13.2. The predicted molar refractivity (Wildman–Crippen MR) is 169 cm³/mol. The highest BCUT2D eigenvalue weighted by molar-refractivity contribution is 6.34. The van der Waals surface area contributed by atoms with Gasteiger partial charge >= 0.3 is 0 Å². The number of hydrogen-bond acceptors (Lipinski definition) is 6. The molecule has 0 fully saturated rings. The van der Waals surface area contributed by atoms with Crippen LogP contribution in [-0.2, 0) is 9.53 Å². The van der Waals surface area contributed by atoms with E-state index < -0.39 is 5.82 Å². The Morgan fingerprint density at radius 2 is 1.68 bits per heavy atom. The summed E-state index contributed by atoms with van der Waals surface area (Å²) in [6.07, 6.45) is 13.6. The van der Waals surface area contributed by atoms with Crippen molar-refractivity contribution < 1.29 is 19.0 Å². The smallest absolute Gasteiger partial charge is 0.218 e. The van der Waals surface area contributed by atoms with Crippen LogP contribution in [0.2, 0.25) is 5.02 Å². The summed E-state index contributed by atoms with van der Waals surface area (Å²) in [4.78, 5) is 21.2. The Bertz CT molecular complexity index is 1310. The molecule has 0 saturated carbocycles. The lowest BCUT2D eigenvalue weighted by Crippen LogP contribution is -2.32. The molecule has 7 nitrogen and oxygen atoms in total. The van der Waals surface area contributed by atoms with Gasteiger partial charge in [0.2, 0.25) is 6.41 Å². The number of likely N-dealkylation sites (N-methyl/N-ethyl adjacent to an activating group) is 1. The summed E-state index contributed by atoms with van der Waals surface area (Å²) < 4.78 is 20.2.